The zero-order valence-corrected chi connectivity index (χ0v) is 12.6. The van der Waals surface area contributed by atoms with Gasteiger partial charge in [-0.1, -0.05) is 31.9 Å². The Kier molecular flexibility index (Phi) is 2.14. The third-order valence-electron chi connectivity index (χ3n) is 5.30. The average molecular weight is 294 g/mol. The first kappa shape index (κ1) is 10.6. The minimum Gasteiger partial charge on any atom is -0.356 e. The highest BCUT2D eigenvalue weighted by Gasteiger charge is 2.54. The van der Waals surface area contributed by atoms with E-state index in [1.807, 2.05) is 22.6 Å². The van der Waals surface area contributed by atoms with Crippen molar-refractivity contribution in [2.24, 2.45) is 17.8 Å². The van der Waals surface area contributed by atoms with Gasteiger partial charge in [-0.25, -0.2) is 4.98 Å². The van der Waals surface area contributed by atoms with Crippen LogP contribution in [0, 0.1) is 17.8 Å². The topological polar surface area (TPSA) is 33.4 Å². The van der Waals surface area contributed by atoms with Crippen molar-refractivity contribution in [2.75, 3.05) is 18.0 Å². The normalized spacial score (nSPS) is 28.8. The molecule has 3 atom stereocenters. The molecule has 0 N–H and O–H groups in total. The Morgan fingerprint density at radius 1 is 1.18 bits per heavy atom. The fraction of sp³-hybridized carbons (Fsp3) is 0.444. The molecule has 1 saturated heterocycles. The van der Waals surface area contributed by atoms with E-state index < -0.39 is 6.37 Å². The summed E-state index contributed by atoms with van der Waals surface area (Å²) in [6, 6.07) is 10.2. The van der Waals surface area contributed by atoms with Crippen LogP contribution in [0.4, 0.5) is 5.82 Å². The number of anilines is 1. The number of rotatable bonds is 3. The van der Waals surface area contributed by atoms with Gasteiger partial charge in [-0.15, -0.1) is 0 Å². The first-order valence-corrected chi connectivity index (χ1v) is 7.98. The Hall–Kier alpha value is -2.10. The Bertz CT molecular complexity index is 918. The summed E-state index contributed by atoms with van der Waals surface area (Å²) >= 11 is 0. The molecule has 2 aromatic heterocycles. The first-order valence-electron chi connectivity index (χ1n) is 8.98. The average Bonchev–Trinajstić information content (AvgIpc) is 2.93. The maximum atomic E-state index is 7.77. The molecule has 22 heavy (non-hydrogen) atoms. The van der Waals surface area contributed by atoms with E-state index in [0.29, 0.717) is 24.2 Å². The second-order valence-electron chi connectivity index (χ2n) is 6.51. The summed E-state index contributed by atoms with van der Waals surface area (Å²) in [5.41, 5.74) is 2.05. The molecule has 1 aromatic carbocycles. The summed E-state index contributed by atoms with van der Waals surface area (Å²) in [7, 11) is 0. The van der Waals surface area contributed by atoms with Gasteiger partial charge in [-0.05, 0) is 36.0 Å². The molecule has 2 aliphatic rings. The number of imidazole rings is 1. The number of para-hydroxylation sites is 2. The molecule has 0 amide bonds. The fourth-order valence-electron chi connectivity index (χ4n) is 4.09. The van der Waals surface area contributed by atoms with Crippen molar-refractivity contribution < 1.29 is 2.74 Å². The van der Waals surface area contributed by atoms with E-state index in [0.717, 1.165) is 35.7 Å². The van der Waals surface area contributed by atoms with E-state index in [2.05, 4.69) is 28.2 Å². The van der Waals surface area contributed by atoms with Gasteiger partial charge in [0.05, 0.1) is 11.0 Å². The molecule has 4 heteroatoms. The van der Waals surface area contributed by atoms with Crippen LogP contribution in [-0.4, -0.2) is 27.5 Å². The van der Waals surface area contributed by atoms with Crippen LogP contribution in [0.5, 0.6) is 0 Å². The number of hydrogen-bond acceptors (Lipinski definition) is 3. The lowest BCUT2D eigenvalue weighted by molar-refractivity contribution is 0.581. The molecule has 0 radical (unpaired) electrons. The highest BCUT2D eigenvalue weighted by molar-refractivity contribution is 5.79. The van der Waals surface area contributed by atoms with Crippen molar-refractivity contribution in [1.82, 2.24) is 14.4 Å². The molecular weight excluding hydrogens is 272 g/mol. The third kappa shape index (κ3) is 1.70. The molecular formula is C18H20N4. The second-order valence-corrected chi connectivity index (χ2v) is 6.51. The standard InChI is InChI=1S/C18H20N4/c1-2-5-12-13-10-21(11-14(12)13)17-8-9-22-16-7-4-3-6-15(16)19-18(22)20-17/h3-4,6-9,12-14H,2,5,10-11H2,1H3/t12?,13-,14+/i2D2. The highest BCUT2D eigenvalue weighted by atomic mass is 15.3. The lowest BCUT2D eigenvalue weighted by Gasteiger charge is -2.20. The molecule has 0 spiro atoms. The second kappa shape index (κ2) is 4.45. The lowest BCUT2D eigenvalue weighted by atomic mass is 10.1. The Labute approximate surface area is 132 Å². The maximum absolute atomic E-state index is 7.77. The molecule has 5 rings (SSSR count). The molecule has 3 heterocycles. The SMILES string of the molecule is [2H]C([2H])(C)CC1[C@H]2CN(c3ccn4c(n3)nc3ccccc34)C[C@@H]12. The van der Waals surface area contributed by atoms with Crippen LogP contribution in [0.3, 0.4) is 0 Å². The molecule has 4 nitrogen and oxygen atoms in total. The van der Waals surface area contributed by atoms with E-state index in [1.54, 1.807) is 6.92 Å². The molecule has 1 unspecified atom stereocenters. The molecule has 1 aliphatic heterocycles. The van der Waals surface area contributed by atoms with Crippen LogP contribution in [-0.2, 0) is 0 Å². The number of hydrogen-bond donors (Lipinski definition) is 0. The minimum atomic E-state index is -1.05. The van der Waals surface area contributed by atoms with Crippen molar-refractivity contribution >= 4 is 22.6 Å². The highest BCUT2D eigenvalue weighted by Crippen LogP contribution is 2.54. The summed E-state index contributed by atoms with van der Waals surface area (Å²) < 4.78 is 17.6. The zero-order valence-electron chi connectivity index (χ0n) is 14.6. The summed E-state index contributed by atoms with van der Waals surface area (Å²) in [6.07, 6.45) is 1.69. The zero-order chi connectivity index (χ0) is 16.5. The van der Waals surface area contributed by atoms with Crippen LogP contribution >= 0.6 is 0 Å². The van der Waals surface area contributed by atoms with Gasteiger partial charge in [0.25, 0.3) is 0 Å². The Morgan fingerprint density at radius 2 is 2.00 bits per heavy atom. The van der Waals surface area contributed by atoms with Gasteiger partial charge >= 0.3 is 0 Å². The monoisotopic (exact) mass is 294 g/mol. The van der Waals surface area contributed by atoms with E-state index in [4.69, 9.17) is 7.73 Å². The van der Waals surface area contributed by atoms with Gasteiger partial charge < -0.3 is 4.90 Å². The van der Waals surface area contributed by atoms with Crippen LogP contribution in [0.25, 0.3) is 16.8 Å². The summed E-state index contributed by atoms with van der Waals surface area (Å²) in [6.45, 7) is 3.68. The van der Waals surface area contributed by atoms with Crippen LogP contribution in [0.1, 0.15) is 22.5 Å². The molecule has 3 aromatic rings. The summed E-state index contributed by atoms with van der Waals surface area (Å²) in [4.78, 5) is 11.7. The maximum Gasteiger partial charge on any atom is 0.236 e. The van der Waals surface area contributed by atoms with E-state index >= 15 is 0 Å². The molecule has 1 aliphatic carbocycles. The number of benzene rings is 1. The summed E-state index contributed by atoms with van der Waals surface area (Å²) in [5.74, 6) is 3.56. The van der Waals surface area contributed by atoms with Gasteiger partial charge in [0.2, 0.25) is 5.78 Å². The number of aromatic nitrogens is 3. The predicted octanol–water partition coefficient (Wildman–Crippen LogP) is 3.36. The van der Waals surface area contributed by atoms with Crippen molar-refractivity contribution in [3.05, 3.63) is 36.5 Å². The Morgan fingerprint density at radius 3 is 2.82 bits per heavy atom. The smallest absolute Gasteiger partial charge is 0.236 e. The number of nitrogens with zero attached hydrogens (tertiary/aromatic N) is 4. The van der Waals surface area contributed by atoms with Crippen molar-refractivity contribution in [3.8, 4) is 0 Å². The third-order valence-corrected chi connectivity index (χ3v) is 5.30. The largest absolute Gasteiger partial charge is 0.356 e. The lowest BCUT2D eigenvalue weighted by Crippen LogP contribution is -2.25. The Balaban J connectivity index is 1.38. The van der Waals surface area contributed by atoms with Gasteiger partial charge in [-0.3, -0.25) is 4.40 Å². The first-order chi connectivity index (χ1) is 11.5. The predicted molar refractivity (Wildman–Crippen MR) is 88.1 cm³/mol. The molecule has 2 fully saturated rings. The van der Waals surface area contributed by atoms with Crippen LogP contribution in [0.2, 0.25) is 0 Å². The van der Waals surface area contributed by atoms with Gasteiger partial charge in [0.15, 0.2) is 0 Å². The minimum absolute atomic E-state index is 0.555. The summed E-state index contributed by atoms with van der Waals surface area (Å²) in [5, 5.41) is 0. The molecule has 0 bridgehead atoms. The van der Waals surface area contributed by atoms with Gasteiger partial charge in [0, 0.05) is 22.0 Å². The van der Waals surface area contributed by atoms with Crippen molar-refractivity contribution in [1.29, 1.82) is 0 Å². The molecule has 1 saturated carbocycles. The van der Waals surface area contributed by atoms with E-state index in [1.165, 1.54) is 0 Å². The van der Waals surface area contributed by atoms with Gasteiger partial charge in [0.1, 0.15) is 5.82 Å². The van der Waals surface area contributed by atoms with E-state index in [-0.39, 0.29) is 0 Å². The van der Waals surface area contributed by atoms with Crippen LogP contribution < -0.4 is 4.90 Å². The quantitative estimate of drug-likeness (QED) is 0.742. The number of piperidine rings is 1. The van der Waals surface area contributed by atoms with Crippen molar-refractivity contribution in [3.63, 3.8) is 0 Å². The van der Waals surface area contributed by atoms with Crippen LogP contribution in [0.15, 0.2) is 36.5 Å². The van der Waals surface area contributed by atoms with E-state index in [9.17, 15) is 0 Å². The molecule has 112 valence electrons. The van der Waals surface area contributed by atoms with Crippen molar-refractivity contribution in [2.45, 2.75) is 19.7 Å². The fourth-order valence-corrected chi connectivity index (χ4v) is 4.09. The van der Waals surface area contributed by atoms with Gasteiger partial charge in [-0.2, -0.15) is 4.98 Å². The number of fused-ring (bicyclic) bond motifs is 4.